The van der Waals surface area contributed by atoms with Crippen LogP contribution in [-0.4, -0.2) is 30.0 Å². The second-order valence-corrected chi connectivity index (χ2v) is 7.70. The van der Waals surface area contributed by atoms with Gasteiger partial charge in [-0.2, -0.15) is 0 Å². The van der Waals surface area contributed by atoms with E-state index in [1.165, 1.54) is 18.0 Å². The molecule has 6 nitrogen and oxygen atoms in total. The molecule has 7 heteroatoms. The number of hydroxylamine groups is 2. The van der Waals surface area contributed by atoms with E-state index < -0.39 is 11.9 Å². The largest absolute Gasteiger partial charge is 0.486 e. The molecule has 1 atom stereocenters. The fourth-order valence-electron chi connectivity index (χ4n) is 2.92. The molecule has 0 aromatic heterocycles. The zero-order valence-electron chi connectivity index (χ0n) is 16.4. The molecule has 1 unspecified atom stereocenters. The van der Waals surface area contributed by atoms with E-state index in [4.69, 9.17) is 14.4 Å². The van der Waals surface area contributed by atoms with E-state index in [2.05, 4.69) is 6.92 Å². The predicted molar refractivity (Wildman–Crippen MR) is 110 cm³/mol. The first-order chi connectivity index (χ1) is 14.0. The highest BCUT2D eigenvalue weighted by molar-refractivity contribution is 7.99. The third-order valence-corrected chi connectivity index (χ3v) is 5.14. The van der Waals surface area contributed by atoms with Crippen molar-refractivity contribution in [1.82, 2.24) is 5.23 Å². The number of hydrogen-bond donors (Lipinski definition) is 0. The molecule has 1 aliphatic rings. The number of hydrogen-bond acceptors (Lipinski definition) is 7. The number of benzene rings is 2. The SMILES string of the molecule is CCSc1ccc(OC(CCC2=CC(=O)ON(C)OC2=O)c2ccccc2)cc1. The molecule has 0 N–H and O–H groups in total. The van der Waals surface area contributed by atoms with Crippen LogP contribution >= 0.6 is 11.8 Å². The Morgan fingerprint density at radius 2 is 1.76 bits per heavy atom. The van der Waals surface area contributed by atoms with E-state index in [0.717, 1.165) is 22.3 Å². The van der Waals surface area contributed by atoms with Crippen molar-refractivity contribution in [2.75, 3.05) is 12.8 Å². The maximum atomic E-state index is 12.2. The summed E-state index contributed by atoms with van der Waals surface area (Å²) in [5.41, 5.74) is 1.24. The van der Waals surface area contributed by atoms with Gasteiger partial charge in [0.2, 0.25) is 0 Å². The highest BCUT2D eigenvalue weighted by atomic mass is 32.2. The smallest absolute Gasteiger partial charge is 0.356 e. The Balaban J connectivity index is 1.74. The van der Waals surface area contributed by atoms with Crippen LogP contribution in [0.15, 0.2) is 71.1 Å². The van der Waals surface area contributed by atoms with E-state index in [-0.39, 0.29) is 11.7 Å². The quantitative estimate of drug-likeness (QED) is 0.591. The van der Waals surface area contributed by atoms with Crippen LogP contribution in [0.1, 0.15) is 31.4 Å². The Morgan fingerprint density at radius 3 is 2.45 bits per heavy atom. The van der Waals surface area contributed by atoms with Gasteiger partial charge in [-0.3, -0.25) is 0 Å². The minimum absolute atomic E-state index is 0.249. The molecular weight excluding hydrogens is 390 g/mol. The summed E-state index contributed by atoms with van der Waals surface area (Å²) in [5.74, 6) is 0.506. The van der Waals surface area contributed by atoms with Gasteiger partial charge in [-0.15, -0.1) is 11.8 Å². The van der Waals surface area contributed by atoms with Gasteiger partial charge in [0.05, 0.1) is 7.05 Å². The Morgan fingerprint density at radius 1 is 1.03 bits per heavy atom. The molecule has 1 heterocycles. The summed E-state index contributed by atoms with van der Waals surface area (Å²) in [7, 11) is 1.35. The Bertz CT molecular complexity index is 867. The molecule has 3 rings (SSSR count). The van der Waals surface area contributed by atoms with Gasteiger partial charge >= 0.3 is 11.9 Å². The molecule has 0 spiro atoms. The summed E-state index contributed by atoms with van der Waals surface area (Å²) in [6, 6.07) is 17.7. The second-order valence-electron chi connectivity index (χ2n) is 6.36. The summed E-state index contributed by atoms with van der Waals surface area (Å²) in [4.78, 5) is 34.8. The summed E-state index contributed by atoms with van der Waals surface area (Å²) in [5, 5.41) is 0.759. The third-order valence-electron chi connectivity index (χ3n) is 4.24. The van der Waals surface area contributed by atoms with Crippen molar-refractivity contribution in [2.24, 2.45) is 0 Å². The molecule has 0 bridgehead atoms. The number of nitrogens with zero attached hydrogens (tertiary/aromatic N) is 1. The summed E-state index contributed by atoms with van der Waals surface area (Å²) >= 11 is 1.77. The van der Waals surface area contributed by atoms with Crippen LogP contribution in [-0.2, 0) is 19.3 Å². The van der Waals surface area contributed by atoms with Crippen molar-refractivity contribution < 1.29 is 24.0 Å². The molecule has 2 aromatic rings. The number of carbonyl (C=O) groups is 2. The van der Waals surface area contributed by atoms with Crippen LogP contribution in [0.3, 0.4) is 0 Å². The van der Waals surface area contributed by atoms with Crippen LogP contribution in [0.25, 0.3) is 0 Å². The zero-order chi connectivity index (χ0) is 20.6. The molecule has 0 amide bonds. The first-order valence-corrected chi connectivity index (χ1v) is 10.4. The van der Waals surface area contributed by atoms with Crippen molar-refractivity contribution in [1.29, 1.82) is 0 Å². The molecule has 152 valence electrons. The fourth-order valence-corrected chi connectivity index (χ4v) is 3.58. The standard InChI is InChI=1S/C22H23NO5S/c1-3-29-19-12-10-18(11-13-19)26-20(16-7-5-4-6-8-16)14-9-17-15-21(24)27-23(2)28-22(17)25/h4-8,10-13,15,20H,3,9,14H2,1-2H3. The van der Waals surface area contributed by atoms with Gasteiger partial charge in [-0.05, 0) is 48.4 Å². The van der Waals surface area contributed by atoms with Crippen molar-refractivity contribution in [3.8, 4) is 5.75 Å². The van der Waals surface area contributed by atoms with E-state index in [9.17, 15) is 9.59 Å². The first kappa shape index (κ1) is 21.0. The van der Waals surface area contributed by atoms with Gasteiger partial charge < -0.3 is 14.4 Å². The topological polar surface area (TPSA) is 65.1 Å². The lowest BCUT2D eigenvalue weighted by Crippen LogP contribution is -2.23. The minimum Gasteiger partial charge on any atom is -0.486 e. The molecule has 1 aliphatic heterocycles. The van der Waals surface area contributed by atoms with E-state index >= 15 is 0 Å². The number of ether oxygens (including phenoxy) is 1. The van der Waals surface area contributed by atoms with Crippen LogP contribution in [0.4, 0.5) is 0 Å². The van der Waals surface area contributed by atoms with Crippen molar-refractivity contribution in [3.05, 3.63) is 71.8 Å². The van der Waals surface area contributed by atoms with Gasteiger partial charge in [-0.25, -0.2) is 9.59 Å². The Hall–Kier alpha value is -2.77. The summed E-state index contributed by atoms with van der Waals surface area (Å²) in [6.45, 7) is 2.11. The lowest BCUT2D eigenvalue weighted by Gasteiger charge is -2.20. The van der Waals surface area contributed by atoms with Gasteiger partial charge in [0.15, 0.2) is 0 Å². The fraction of sp³-hybridized carbons (Fsp3) is 0.273. The maximum absolute atomic E-state index is 12.2. The maximum Gasteiger partial charge on any atom is 0.356 e. The molecule has 0 radical (unpaired) electrons. The van der Waals surface area contributed by atoms with E-state index in [1.807, 2.05) is 54.6 Å². The molecule has 0 fully saturated rings. The molecule has 2 aromatic carbocycles. The highest BCUT2D eigenvalue weighted by Crippen LogP contribution is 2.29. The van der Waals surface area contributed by atoms with Crippen molar-refractivity contribution in [2.45, 2.75) is 30.8 Å². The number of rotatable bonds is 8. The van der Waals surface area contributed by atoms with Crippen molar-refractivity contribution >= 4 is 23.7 Å². The monoisotopic (exact) mass is 413 g/mol. The Labute approximate surface area is 174 Å². The van der Waals surface area contributed by atoms with Gasteiger partial charge in [0, 0.05) is 21.8 Å². The zero-order valence-corrected chi connectivity index (χ0v) is 17.2. The average Bonchev–Trinajstić information content (AvgIpc) is 2.83. The predicted octanol–water partition coefficient (Wildman–Crippen LogP) is 4.49. The molecule has 0 aliphatic carbocycles. The minimum atomic E-state index is -0.644. The van der Waals surface area contributed by atoms with Crippen LogP contribution in [0.5, 0.6) is 5.75 Å². The third kappa shape index (κ3) is 6.10. The first-order valence-electron chi connectivity index (χ1n) is 9.38. The summed E-state index contributed by atoms with van der Waals surface area (Å²) < 4.78 is 6.22. The van der Waals surface area contributed by atoms with Crippen LogP contribution in [0.2, 0.25) is 0 Å². The lowest BCUT2D eigenvalue weighted by molar-refractivity contribution is -0.304. The van der Waals surface area contributed by atoms with Crippen LogP contribution < -0.4 is 4.74 Å². The number of thioether (sulfide) groups is 1. The van der Waals surface area contributed by atoms with Crippen LogP contribution in [0, 0.1) is 0 Å². The average molecular weight is 413 g/mol. The van der Waals surface area contributed by atoms with Crippen molar-refractivity contribution in [3.63, 3.8) is 0 Å². The van der Waals surface area contributed by atoms with Gasteiger partial charge in [0.1, 0.15) is 11.9 Å². The number of carbonyl (C=O) groups excluding carboxylic acids is 2. The molecular formula is C22H23NO5S. The second kappa shape index (κ2) is 10.1. The van der Waals surface area contributed by atoms with E-state index in [1.54, 1.807) is 11.8 Å². The summed E-state index contributed by atoms with van der Waals surface area (Å²) in [6.07, 6.45) is 1.69. The van der Waals surface area contributed by atoms with E-state index in [0.29, 0.717) is 12.8 Å². The molecule has 0 saturated carbocycles. The Kier molecular flexibility index (Phi) is 7.32. The lowest BCUT2D eigenvalue weighted by atomic mass is 10.0. The highest BCUT2D eigenvalue weighted by Gasteiger charge is 2.24. The van der Waals surface area contributed by atoms with Gasteiger partial charge in [0.25, 0.3) is 0 Å². The normalized spacial score (nSPS) is 15.7. The molecule has 0 saturated heterocycles. The molecule has 29 heavy (non-hydrogen) atoms. The van der Waals surface area contributed by atoms with Gasteiger partial charge in [-0.1, -0.05) is 37.3 Å².